The molecule has 1 N–H and O–H groups in total. The van der Waals surface area contributed by atoms with Gasteiger partial charge in [0.05, 0.1) is 12.3 Å². The maximum absolute atomic E-state index is 13.5. The second kappa shape index (κ2) is 6.73. The quantitative estimate of drug-likeness (QED) is 0.817. The first-order valence-electron chi connectivity index (χ1n) is 6.01. The Balaban J connectivity index is 1.75. The molecule has 2 rings (SSSR count). The Morgan fingerprint density at radius 2 is 2.26 bits per heavy atom. The highest BCUT2D eigenvalue weighted by atomic mass is 79.9. The van der Waals surface area contributed by atoms with Crippen LogP contribution in [0, 0.1) is 5.82 Å². The zero-order valence-electron chi connectivity index (χ0n) is 10.5. The van der Waals surface area contributed by atoms with E-state index in [4.69, 9.17) is 9.15 Å². The van der Waals surface area contributed by atoms with E-state index in [9.17, 15) is 4.39 Å². The number of halogens is 2. The van der Waals surface area contributed by atoms with Crippen LogP contribution in [0.5, 0.6) is 5.75 Å². The first-order chi connectivity index (χ1) is 9.16. The molecule has 0 spiro atoms. The summed E-state index contributed by atoms with van der Waals surface area (Å²) in [5.74, 6) is 0.763. The third kappa shape index (κ3) is 4.08. The molecule has 19 heavy (non-hydrogen) atoms. The first kappa shape index (κ1) is 14.1. The number of hydrogen-bond donors (Lipinski definition) is 1. The average molecular weight is 328 g/mol. The van der Waals surface area contributed by atoms with Crippen LogP contribution in [0.15, 0.2) is 45.5 Å². The van der Waals surface area contributed by atoms with Gasteiger partial charge in [0.15, 0.2) is 11.6 Å². The van der Waals surface area contributed by atoms with Crippen LogP contribution in [0.4, 0.5) is 4.39 Å². The van der Waals surface area contributed by atoms with Gasteiger partial charge < -0.3 is 14.5 Å². The average Bonchev–Trinajstić information content (AvgIpc) is 2.90. The van der Waals surface area contributed by atoms with E-state index < -0.39 is 0 Å². The van der Waals surface area contributed by atoms with Crippen molar-refractivity contribution in [1.82, 2.24) is 5.32 Å². The summed E-state index contributed by atoms with van der Waals surface area (Å²) in [4.78, 5) is 0. The maximum Gasteiger partial charge on any atom is 0.166 e. The van der Waals surface area contributed by atoms with E-state index in [1.807, 2.05) is 19.1 Å². The summed E-state index contributed by atoms with van der Waals surface area (Å²) in [6.07, 6.45) is 1.64. The molecule has 0 aliphatic heterocycles. The van der Waals surface area contributed by atoms with Crippen molar-refractivity contribution in [3.05, 3.63) is 52.6 Å². The minimum atomic E-state index is -0.367. The van der Waals surface area contributed by atoms with Crippen LogP contribution in [0.1, 0.15) is 18.7 Å². The molecule has 1 aromatic carbocycles. The standard InChI is InChI=1S/C14H15BrFNO2/c1-10(13-3-2-7-18-13)17-6-8-19-14-5-4-11(15)9-12(14)16/h2-5,7,9-10,17H,6,8H2,1H3. The first-order valence-corrected chi connectivity index (χ1v) is 6.81. The molecular formula is C14H15BrFNO2. The van der Waals surface area contributed by atoms with Gasteiger partial charge in [0, 0.05) is 11.0 Å². The van der Waals surface area contributed by atoms with Crippen LogP contribution in [-0.2, 0) is 0 Å². The van der Waals surface area contributed by atoms with Crippen molar-refractivity contribution in [1.29, 1.82) is 0 Å². The fourth-order valence-electron chi connectivity index (χ4n) is 1.67. The molecule has 0 radical (unpaired) electrons. The van der Waals surface area contributed by atoms with Gasteiger partial charge in [-0.2, -0.15) is 0 Å². The van der Waals surface area contributed by atoms with E-state index in [1.54, 1.807) is 18.4 Å². The second-order valence-electron chi connectivity index (χ2n) is 4.11. The summed E-state index contributed by atoms with van der Waals surface area (Å²) in [6.45, 7) is 3.00. The number of ether oxygens (including phenoxy) is 1. The fraction of sp³-hybridized carbons (Fsp3) is 0.286. The van der Waals surface area contributed by atoms with Gasteiger partial charge in [-0.05, 0) is 37.3 Å². The fourth-order valence-corrected chi connectivity index (χ4v) is 2.00. The van der Waals surface area contributed by atoms with Crippen LogP contribution in [0.3, 0.4) is 0 Å². The molecule has 0 saturated heterocycles. The molecule has 1 atom stereocenters. The molecule has 2 aromatic rings. The third-order valence-electron chi connectivity index (χ3n) is 2.67. The van der Waals surface area contributed by atoms with Gasteiger partial charge >= 0.3 is 0 Å². The van der Waals surface area contributed by atoms with Crippen molar-refractivity contribution in [2.24, 2.45) is 0 Å². The second-order valence-corrected chi connectivity index (χ2v) is 5.03. The summed E-state index contributed by atoms with van der Waals surface area (Å²) in [5, 5.41) is 3.24. The molecular weight excluding hydrogens is 313 g/mol. The van der Waals surface area contributed by atoms with Gasteiger partial charge in [0.1, 0.15) is 12.4 Å². The highest BCUT2D eigenvalue weighted by Crippen LogP contribution is 2.21. The smallest absolute Gasteiger partial charge is 0.166 e. The van der Waals surface area contributed by atoms with E-state index >= 15 is 0 Å². The summed E-state index contributed by atoms with van der Waals surface area (Å²) in [7, 11) is 0. The zero-order chi connectivity index (χ0) is 13.7. The van der Waals surface area contributed by atoms with E-state index in [0.717, 1.165) is 5.76 Å². The number of nitrogens with one attached hydrogen (secondary N) is 1. The van der Waals surface area contributed by atoms with Gasteiger partial charge in [-0.15, -0.1) is 0 Å². The number of furan rings is 1. The Bertz CT molecular complexity index is 516. The Hall–Kier alpha value is -1.33. The molecule has 0 amide bonds. The molecule has 1 heterocycles. The molecule has 0 aliphatic rings. The minimum Gasteiger partial charge on any atom is -0.489 e. The van der Waals surface area contributed by atoms with Crippen molar-refractivity contribution in [2.75, 3.05) is 13.2 Å². The van der Waals surface area contributed by atoms with Gasteiger partial charge in [-0.25, -0.2) is 4.39 Å². The van der Waals surface area contributed by atoms with E-state index in [1.165, 1.54) is 6.07 Å². The van der Waals surface area contributed by atoms with Crippen molar-refractivity contribution < 1.29 is 13.5 Å². The van der Waals surface area contributed by atoms with Crippen LogP contribution in [0.2, 0.25) is 0 Å². The predicted octanol–water partition coefficient (Wildman–Crippen LogP) is 3.91. The molecule has 1 aromatic heterocycles. The molecule has 0 fully saturated rings. The van der Waals surface area contributed by atoms with Crippen molar-refractivity contribution >= 4 is 15.9 Å². The number of rotatable bonds is 6. The van der Waals surface area contributed by atoms with Crippen LogP contribution in [0.25, 0.3) is 0 Å². The van der Waals surface area contributed by atoms with E-state index in [2.05, 4.69) is 21.2 Å². The predicted molar refractivity (Wildman–Crippen MR) is 74.7 cm³/mol. The largest absolute Gasteiger partial charge is 0.489 e. The molecule has 3 nitrogen and oxygen atoms in total. The molecule has 0 bridgehead atoms. The van der Waals surface area contributed by atoms with Gasteiger partial charge in [0.2, 0.25) is 0 Å². The van der Waals surface area contributed by atoms with E-state index in [-0.39, 0.29) is 17.6 Å². The minimum absolute atomic E-state index is 0.105. The topological polar surface area (TPSA) is 34.4 Å². The lowest BCUT2D eigenvalue weighted by Gasteiger charge is -2.12. The monoisotopic (exact) mass is 327 g/mol. The maximum atomic E-state index is 13.5. The molecule has 0 aliphatic carbocycles. The van der Waals surface area contributed by atoms with Gasteiger partial charge in [0.25, 0.3) is 0 Å². The highest BCUT2D eigenvalue weighted by molar-refractivity contribution is 9.10. The summed E-state index contributed by atoms with van der Waals surface area (Å²) >= 11 is 3.20. The van der Waals surface area contributed by atoms with Crippen molar-refractivity contribution in [3.8, 4) is 5.75 Å². The Morgan fingerprint density at radius 1 is 1.42 bits per heavy atom. The van der Waals surface area contributed by atoms with Crippen LogP contribution >= 0.6 is 15.9 Å². The molecule has 5 heteroatoms. The number of hydrogen-bond acceptors (Lipinski definition) is 3. The normalized spacial score (nSPS) is 12.4. The Morgan fingerprint density at radius 3 is 2.95 bits per heavy atom. The molecule has 0 saturated carbocycles. The lowest BCUT2D eigenvalue weighted by molar-refractivity contribution is 0.289. The zero-order valence-corrected chi connectivity index (χ0v) is 12.1. The highest BCUT2D eigenvalue weighted by Gasteiger charge is 2.07. The summed E-state index contributed by atoms with van der Waals surface area (Å²) in [5.41, 5.74) is 0. The third-order valence-corrected chi connectivity index (χ3v) is 3.17. The van der Waals surface area contributed by atoms with Crippen molar-refractivity contribution in [2.45, 2.75) is 13.0 Å². The summed E-state index contributed by atoms with van der Waals surface area (Å²) < 4.78 is 24.8. The number of benzene rings is 1. The van der Waals surface area contributed by atoms with Gasteiger partial charge in [-0.3, -0.25) is 0 Å². The molecule has 1 unspecified atom stereocenters. The Labute approximate surface area is 119 Å². The van der Waals surface area contributed by atoms with Crippen LogP contribution < -0.4 is 10.1 Å². The van der Waals surface area contributed by atoms with Gasteiger partial charge in [-0.1, -0.05) is 15.9 Å². The SMILES string of the molecule is CC(NCCOc1ccc(Br)cc1F)c1ccco1. The lowest BCUT2D eigenvalue weighted by atomic mass is 10.2. The summed E-state index contributed by atoms with van der Waals surface area (Å²) in [6, 6.07) is 8.60. The molecule has 102 valence electrons. The van der Waals surface area contributed by atoms with Crippen LogP contribution in [-0.4, -0.2) is 13.2 Å². The Kier molecular flexibility index (Phi) is 4.99. The van der Waals surface area contributed by atoms with Crippen molar-refractivity contribution in [3.63, 3.8) is 0 Å². The lowest BCUT2D eigenvalue weighted by Crippen LogP contribution is -2.24. The van der Waals surface area contributed by atoms with E-state index in [0.29, 0.717) is 17.6 Å².